The van der Waals surface area contributed by atoms with E-state index in [4.69, 9.17) is 4.74 Å². The van der Waals surface area contributed by atoms with E-state index in [9.17, 15) is 5.11 Å². The molecule has 1 unspecified atom stereocenters. The van der Waals surface area contributed by atoms with Gasteiger partial charge >= 0.3 is 0 Å². The molecule has 0 aromatic carbocycles. The number of rotatable bonds is 10. The topological polar surface area (TPSA) is 85.1 Å². The molecule has 0 amide bonds. The highest BCUT2D eigenvalue weighted by Crippen LogP contribution is 2.15. The number of nitrogens with one attached hydrogen (secondary N) is 1. The lowest BCUT2D eigenvalue weighted by atomic mass is 10.3. The summed E-state index contributed by atoms with van der Waals surface area (Å²) in [5.41, 5.74) is 0. The normalized spacial score (nSPS) is 12.8. The molecule has 0 bridgehead atoms. The molecule has 1 atom stereocenters. The van der Waals surface area contributed by atoms with E-state index in [2.05, 4.69) is 20.8 Å². The van der Waals surface area contributed by atoms with E-state index < -0.39 is 0 Å². The van der Waals surface area contributed by atoms with Crippen LogP contribution in [0, 0.1) is 0 Å². The van der Waals surface area contributed by atoms with E-state index in [0.29, 0.717) is 18.9 Å². The maximum Gasteiger partial charge on any atom is 0.209 e. The average Bonchev–Trinajstić information content (AvgIpc) is 2.83. The van der Waals surface area contributed by atoms with Gasteiger partial charge in [0.1, 0.15) is 0 Å². The summed E-state index contributed by atoms with van der Waals surface area (Å²) in [4.78, 5) is 0. The van der Waals surface area contributed by atoms with Crippen LogP contribution in [0.25, 0.3) is 0 Å². The summed E-state index contributed by atoms with van der Waals surface area (Å²) in [5, 5.41) is 25.0. The fourth-order valence-electron chi connectivity index (χ4n) is 1.21. The van der Waals surface area contributed by atoms with Gasteiger partial charge < -0.3 is 15.2 Å². The van der Waals surface area contributed by atoms with Gasteiger partial charge in [0.15, 0.2) is 0 Å². The number of ether oxygens (including phenoxy) is 1. The first kappa shape index (κ1) is 15.4. The predicted octanol–water partition coefficient (Wildman–Crippen LogP) is -0.228. The van der Waals surface area contributed by atoms with Gasteiger partial charge in [-0.1, -0.05) is 18.7 Å². The Hall–Kier alpha value is -0.700. The molecule has 0 radical (unpaired) electrons. The molecule has 0 saturated carbocycles. The lowest BCUT2D eigenvalue weighted by Crippen LogP contribution is -2.24. The van der Waals surface area contributed by atoms with Gasteiger partial charge in [0, 0.05) is 26.0 Å². The van der Waals surface area contributed by atoms with Crippen LogP contribution >= 0.6 is 11.8 Å². The Labute approximate surface area is 111 Å². The second kappa shape index (κ2) is 9.26. The van der Waals surface area contributed by atoms with Crippen molar-refractivity contribution in [2.24, 2.45) is 0 Å². The Morgan fingerprint density at radius 3 is 3.06 bits per heavy atom. The molecule has 0 aliphatic heterocycles. The highest BCUT2D eigenvalue weighted by atomic mass is 32.2. The molecular weight excluding hydrogens is 254 g/mol. The Kier molecular flexibility index (Phi) is 7.90. The van der Waals surface area contributed by atoms with E-state index in [1.807, 2.05) is 6.92 Å². The number of tetrazole rings is 1. The number of nitrogens with zero attached hydrogens (tertiary/aromatic N) is 4. The van der Waals surface area contributed by atoms with Crippen molar-refractivity contribution in [1.82, 2.24) is 25.5 Å². The molecule has 7 nitrogen and oxygen atoms in total. The molecule has 0 saturated heterocycles. The molecule has 1 heterocycles. The van der Waals surface area contributed by atoms with Crippen molar-refractivity contribution in [3.05, 3.63) is 0 Å². The minimum absolute atomic E-state index is 0.306. The van der Waals surface area contributed by atoms with E-state index >= 15 is 0 Å². The second-order valence-corrected chi connectivity index (χ2v) is 4.79. The molecule has 18 heavy (non-hydrogen) atoms. The molecule has 2 N–H and O–H groups in total. The number of hydrogen-bond donors (Lipinski definition) is 2. The molecule has 0 spiro atoms. The maximum absolute atomic E-state index is 9.50. The van der Waals surface area contributed by atoms with Gasteiger partial charge in [-0.05, 0) is 16.8 Å². The van der Waals surface area contributed by atoms with Crippen LogP contribution in [0.4, 0.5) is 0 Å². The monoisotopic (exact) mass is 275 g/mol. The minimum Gasteiger partial charge on any atom is -0.392 e. The van der Waals surface area contributed by atoms with Crippen molar-refractivity contribution in [3.63, 3.8) is 0 Å². The highest BCUT2D eigenvalue weighted by molar-refractivity contribution is 7.99. The van der Waals surface area contributed by atoms with Crippen LogP contribution in [-0.4, -0.2) is 64.0 Å². The minimum atomic E-state index is -0.306. The van der Waals surface area contributed by atoms with Gasteiger partial charge in [-0.25, -0.2) is 4.68 Å². The quantitative estimate of drug-likeness (QED) is 0.451. The van der Waals surface area contributed by atoms with Gasteiger partial charge in [-0.15, -0.1) is 5.10 Å². The first-order valence-electron chi connectivity index (χ1n) is 6.04. The highest BCUT2D eigenvalue weighted by Gasteiger charge is 2.09. The summed E-state index contributed by atoms with van der Waals surface area (Å²) >= 11 is 1.48. The maximum atomic E-state index is 9.50. The Bertz CT molecular complexity index is 323. The number of aliphatic hydroxyl groups excluding tert-OH is 1. The molecule has 0 aliphatic carbocycles. The molecule has 0 aliphatic rings. The van der Waals surface area contributed by atoms with Crippen LogP contribution in [0.5, 0.6) is 0 Å². The molecule has 1 aromatic rings. The largest absolute Gasteiger partial charge is 0.392 e. The SMILES string of the molecule is CCC(O)CSc1nnnn1CCNCCOC. The third-order valence-electron chi connectivity index (χ3n) is 2.36. The zero-order chi connectivity index (χ0) is 13.2. The molecule has 8 heteroatoms. The zero-order valence-corrected chi connectivity index (χ0v) is 11.7. The summed E-state index contributed by atoms with van der Waals surface area (Å²) in [6.07, 6.45) is 0.438. The van der Waals surface area contributed by atoms with Gasteiger partial charge in [0.25, 0.3) is 0 Å². The number of hydrogen-bond acceptors (Lipinski definition) is 7. The fourth-order valence-corrected chi connectivity index (χ4v) is 2.16. The van der Waals surface area contributed by atoms with Crippen LogP contribution < -0.4 is 5.32 Å². The lowest BCUT2D eigenvalue weighted by Gasteiger charge is -2.07. The van der Waals surface area contributed by atoms with E-state index in [1.165, 1.54) is 11.8 Å². The average molecular weight is 275 g/mol. The van der Waals surface area contributed by atoms with Gasteiger partial charge in [0.2, 0.25) is 5.16 Å². The van der Waals surface area contributed by atoms with Crippen LogP contribution in [-0.2, 0) is 11.3 Å². The van der Waals surface area contributed by atoms with Gasteiger partial charge in [-0.2, -0.15) is 0 Å². The van der Waals surface area contributed by atoms with Gasteiger partial charge in [0.05, 0.1) is 19.3 Å². The first-order valence-corrected chi connectivity index (χ1v) is 7.03. The van der Waals surface area contributed by atoms with Crippen molar-refractivity contribution in [2.75, 3.05) is 32.6 Å². The summed E-state index contributed by atoms with van der Waals surface area (Å²) in [5.74, 6) is 0.619. The lowest BCUT2D eigenvalue weighted by molar-refractivity contribution is 0.195. The van der Waals surface area contributed by atoms with Crippen LogP contribution in [0.3, 0.4) is 0 Å². The third-order valence-corrected chi connectivity index (χ3v) is 3.46. The molecule has 1 rings (SSSR count). The molecular formula is C10H21N5O2S. The molecule has 0 fully saturated rings. The standard InChI is InChI=1S/C10H21N5O2S/c1-3-9(16)8-18-10-12-13-14-15(10)6-4-11-5-7-17-2/h9,11,16H,3-8H2,1-2H3. The first-order chi connectivity index (χ1) is 8.77. The summed E-state index contributed by atoms with van der Waals surface area (Å²) in [6.45, 7) is 4.96. The Morgan fingerprint density at radius 2 is 2.33 bits per heavy atom. The van der Waals surface area contributed by atoms with Crippen molar-refractivity contribution >= 4 is 11.8 Å². The van der Waals surface area contributed by atoms with E-state index in [0.717, 1.165) is 24.7 Å². The fraction of sp³-hybridized carbons (Fsp3) is 0.900. The number of aromatic nitrogens is 4. The smallest absolute Gasteiger partial charge is 0.209 e. The Balaban J connectivity index is 2.26. The number of aliphatic hydroxyl groups is 1. The van der Waals surface area contributed by atoms with Crippen molar-refractivity contribution < 1.29 is 9.84 Å². The van der Waals surface area contributed by atoms with Gasteiger partial charge in [-0.3, -0.25) is 0 Å². The van der Waals surface area contributed by atoms with Crippen LogP contribution in [0.15, 0.2) is 5.16 Å². The number of thioether (sulfide) groups is 1. The Morgan fingerprint density at radius 1 is 1.50 bits per heavy atom. The number of methoxy groups -OCH3 is 1. The second-order valence-electron chi connectivity index (χ2n) is 3.80. The van der Waals surface area contributed by atoms with Crippen LogP contribution in [0.2, 0.25) is 0 Å². The van der Waals surface area contributed by atoms with Crippen molar-refractivity contribution in [2.45, 2.75) is 31.1 Å². The van der Waals surface area contributed by atoms with E-state index in [-0.39, 0.29) is 6.10 Å². The van der Waals surface area contributed by atoms with E-state index in [1.54, 1.807) is 11.8 Å². The van der Waals surface area contributed by atoms with Crippen LogP contribution in [0.1, 0.15) is 13.3 Å². The summed E-state index contributed by atoms with van der Waals surface area (Å²) in [7, 11) is 1.68. The predicted molar refractivity (Wildman–Crippen MR) is 69.6 cm³/mol. The van der Waals surface area contributed by atoms with Crippen molar-refractivity contribution in [3.8, 4) is 0 Å². The summed E-state index contributed by atoms with van der Waals surface area (Å²) < 4.78 is 6.68. The molecule has 1 aromatic heterocycles. The zero-order valence-electron chi connectivity index (χ0n) is 10.9. The third kappa shape index (κ3) is 5.76. The van der Waals surface area contributed by atoms with Crippen molar-refractivity contribution in [1.29, 1.82) is 0 Å². The molecule has 104 valence electrons. The summed E-state index contributed by atoms with van der Waals surface area (Å²) in [6, 6.07) is 0.